The van der Waals surface area contributed by atoms with Crippen molar-refractivity contribution in [2.75, 3.05) is 19.8 Å². The average Bonchev–Trinajstić information content (AvgIpc) is 2.45. The third-order valence-corrected chi connectivity index (χ3v) is 6.08. The topological polar surface area (TPSA) is 40.5 Å². The molecule has 21 heavy (non-hydrogen) atoms. The molecule has 0 saturated heterocycles. The van der Waals surface area contributed by atoms with E-state index in [0.717, 1.165) is 10.5 Å². The zero-order chi connectivity index (χ0) is 16.2. The van der Waals surface area contributed by atoms with Crippen LogP contribution >= 0.6 is 0 Å². The van der Waals surface area contributed by atoms with Gasteiger partial charge in [-0.2, -0.15) is 0 Å². The second-order valence-electron chi connectivity index (χ2n) is 6.28. The summed E-state index contributed by atoms with van der Waals surface area (Å²) in [6.45, 7) is 8.01. The Labute approximate surface area is 131 Å². The highest BCUT2D eigenvalue weighted by Crippen LogP contribution is 2.28. The fourth-order valence-electron chi connectivity index (χ4n) is 2.29. The number of benzene rings is 1. The molecule has 0 spiro atoms. The second-order valence-corrected chi connectivity index (χ2v) is 7.70. The van der Waals surface area contributed by atoms with Gasteiger partial charge in [-0.15, -0.1) is 0 Å². The molecule has 0 aliphatic heterocycles. The molecule has 0 aliphatic carbocycles. The van der Waals surface area contributed by atoms with E-state index >= 15 is 0 Å². The van der Waals surface area contributed by atoms with Gasteiger partial charge < -0.3 is 10.0 Å². The van der Waals surface area contributed by atoms with E-state index in [-0.39, 0.29) is 12.0 Å². The highest BCUT2D eigenvalue weighted by Gasteiger charge is 2.32. The van der Waals surface area contributed by atoms with Crippen molar-refractivity contribution in [3.63, 3.8) is 0 Å². The van der Waals surface area contributed by atoms with Crippen molar-refractivity contribution < 1.29 is 9.32 Å². The van der Waals surface area contributed by atoms with Crippen LogP contribution in [-0.4, -0.2) is 39.7 Å². The van der Waals surface area contributed by atoms with E-state index in [0.29, 0.717) is 12.2 Å². The highest BCUT2D eigenvalue weighted by molar-refractivity contribution is 7.85. The molecule has 2 unspecified atom stereocenters. The lowest BCUT2D eigenvalue weighted by Gasteiger charge is -2.31. The Morgan fingerprint density at radius 3 is 2.29 bits per heavy atom. The molecule has 1 aromatic rings. The molecule has 3 atom stereocenters. The fourth-order valence-corrected chi connectivity index (χ4v) is 4.17. The molecule has 3 nitrogen and oxygen atoms in total. The van der Waals surface area contributed by atoms with E-state index in [1.165, 1.54) is 0 Å². The summed E-state index contributed by atoms with van der Waals surface area (Å²) in [6, 6.07) is 8.03. The predicted octanol–water partition coefficient (Wildman–Crippen LogP) is 3.21. The van der Waals surface area contributed by atoms with Crippen LogP contribution in [0.5, 0.6) is 0 Å². The summed E-state index contributed by atoms with van der Waals surface area (Å²) in [5, 5.41) is 10.7. The second kappa shape index (κ2) is 7.52. The van der Waals surface area contributed by atoms with Crippen molar-refractivity contribution in [2.24, 2.45) is 5.92 Å². The number of rotatable bonds is 7. The molecule has 1 N–H and O–H groups in total. The molecule has 0 aliphatic rings. The Kier molecular flexibility index (Phi) is 6.57. The number of aliphatic hydroxyl groups is 1. The maximum absolute atomic E-state index is 12.8. The summed E-state index contributed by atoms with van der Waals surface area (Å²) in [5.41, 5.74) is 0.197. The average molecular weight is 311 g/mol. The lowest BCUT2D eigenvalue weighted by molar-refractivity contribution is 0.0140. The molecule has 120 valence electrons. The fraction of sp³-hybridized carbons (Fsp3) is 0.647. The lowest BCUT2D eigenvalue weighted by Crippen LogP contribution is -2.40. The smallest absolute Gasteiger partial charge is 0.0786 e. The van der Waals surface area contributed by atoms with Crippen molar-refractivity contribution in [3.8, 4) is 0 Å². The molecule has 0 heterocycles. The third-order valence-electron chi connectivity index (χ3n) is 4.46. The summed E-state index contributed by atoms with van der Waals surface area (Å²) < 4.78 is 12.8. The van der Waals surface area contributed by atoms with Crippen molar-refractivity contribution in [2.45, 2.75) is 50.7 Å². The van der Waals surface area contributed by atoms with E-state index in [1.54, 1.807) is 0 Å². The minimum atomic E-state index is -1.20. The maximum Gasteiger partial charge on any atom is 0.0786 e. The van der Waals surface area contributed by atoms with E-state index < -0.39 is 16.4 Å². The number of nitrogens with zero attached hydrogens (tertiary/aromatic N) is 1. The van der Waals surface area contributed by atoms with Gasteiger partial charge in [0.05, 0.1) is 22.2 Å². The van der Waals surface area contributed by atoms with Gasteiger partial charge in [-0.05, 0) is 45.0 Å². The summed E-state index contributed by atoms with van der Waals surface area (Å²) in [7, 11) is 2.83. The van der Waals surface area contributed by atoms with Crippen LogP contribution < -0.4 is 0 Å². The van der Waals surface area contributed by atoms with Gasteiger partial charge in [-0.1, -0.05) is 39.0 Å². The Morgan fingerprint density at radius 1 is 1.24 bits per heavy atom. The molecule has 0 amide bonds. The van der Waals surface area contributed by atoms with E-state index in [1.807, 2.05) is 59.1 Å². The van der Waals surface area contributed by atoms with Crippen LogP contribution in [0.1, 0.15) is 45.7 Å². The molecular formula is C17H29NO2S. The first-order chi connectivity index (χ1) is 9.73. The van der Waals surface area contributed by atoms with Crippen LogP contribution in [0.2, 0.25) is 0 Å². The standard InChI is InChI=1S/C17H29NO2S/c1-7-17(19,13(2)3)12-21(20)16-11-9-8-10-15(16)14(4)18(5)6/h8-11,13-14,19H,7,12H2,1-6H3/t14?,17-,21?/m0/s1. The van der Waals surface area contributed by atoms with Crippen LogP contribution in [0.15, 0.2) is 29.2 Å². The van der Waals surface area contributed by atoms with E-state index in [2.05, 4.69) is 11.8 Å². The van der Waals surface area contributed by atoms with Gasteiger partial charge in [0, 0.05) is 10.9 Å². The summed E-state index contributed by atoms with van der Waals surface area (Å²) in [6.07, 6.45) is 0.613. The van der Waals surface area contributed by atoms with Gasteiger partial charge in [0.15, 0.2) is 0 Å². The molecule has 1 aromatic carbocycles. The van der Waals surface area contributed by atoms with Crippen molar-refractivity contribution in [1.82, 2.24) is 4.90 Å². The number of hydrogen-bond donors (Lipinski definition) is 1. The van der Waals surface area contributed by atoms with Gasteiger partial charge in [-0.25, -0.2) is 0 Å². The zero-order valence-corrected chi connectivity index (χ0v) is 14.9. The Hall–Kier alpha value is -0.710. The lowest BCUT2D eigenvalue weighted by atomic mass is 9.90. The van der Waals surface area contributed by atoms with Crippen molar-refractivity contribution in [1.29, 1.82) is 0 Å². The third kappa shape index (κ3) is 4.38. The zero-order valence-electron chi connectivity index (χ0n) is 14.1. The van der Waals surface area contributed by atoms with Crippen LogP contribution in [0.4, 0.5) is 0 Å². The maximum atomic E-state index is 12.8. The van der Waals surface area contributed by atoms with Gasteiger partial charge in [-0.3, -0.25) is 4.21 Å². The Morgan fingerprint density at radius 2 is 1.81 bits per heavy atom. The number of hydrogen-bond acceptors (Lipinski definition) is 3. The van der Waals surface area contributed by atoms with Crippen LogP contribution in [-0.2, 0) is 10.8 Å². The molecule has 0 saturated carbocycles. The van der Waals surface area contributed by atoms with Gasteiger partial charge in [0.2, 0.25) is 0 Å². The first kappa shape index (κ1) is 18.3. The van der Waals surface area contributed by atoms with E-state index in [4.69, 9.17) is 0 Å². The van der Waals surface area contributed by atoms with Gasteiger partial charge in [0.25, 0.3) is 0 Å². The van der Waals surface area contributed by atoms with Crippen LogP contribution in [0, 0.1) is 5.92 Å². The molecule has 0 radical (unpaired) electrons. The molecule has 4 heteroatoms. The minimum Gasteiger partial charge on any atom is -0.389 e. The molecular weight excluding hydrogens is 282 g/mol. The SMILES string of the molecule is CC[C@](O)(CS(=O)c1ccccc1C(C)N(C)C)C(C)C. The molecule has 0 fully saturated rings. The first-order valence-corrected chi connectivity index (χ1v) is 8.91. The van der Waals surface area contributed by atoms with Crippen molar-refractivity contribution >= 4 is 10.8 Å². The summed E-state index contributed by atoms with van der Waals surface area (Å²) in [4.78, 5) is 2.94. The van der Waals surface area contributed by atoms with Gasteiger partial charge >= 0.3 is 0 Å². The van der Waals surface area contributed by atoms with Crippen molar-refractivity contribution in [3.05, 3.63) is 29.8 Å². The quantitative estimate of drug-likeness (QED) is 0.840. The molecule has 1 rings (SSSR count). The highest BCUT2D eigenvalue weighted by atomic mass is 32.2. The van der Waals surface area contributed by atoms with Crippen LogP contribution in [0.3, 0.4) is 0 Å². The monoisotopic (exact) mass is 311 g/mol. The first-order valence-electron chi connectivity index (χ1n) is 7.59. The summed E-state index contributed by atoms with van der Waals surface area (Å²) in [5.74, 6) is 0.378. The normalized spacial score (nSPS) is 17.8. The van der Waals surface area contributed by atoms with Gasteiger partial charge in [0.1, 0.15) is 0 Å². The molecule has 0 bridgehead atoms. The Balaban J connectivity index is 3.09. The summed E-state index contributed by atoms with van der Waals surface area (Å²) >= 11 is 0. The Bertz CT molecular complexity index is 487. The molecule has 0 aromatic heterocycles. The van der Waals surface area contributed by atoms with E-state index in [9.17, 15) is 9.32 Å². The van der Waals surface area contributed by atoms with Crippen LogP contribution in [0.25, 0.3) is 0 Å². The predicted molar refractivity (Wildman–Crippen MR) is 89.9 cm³/mol. The largest absolute Gasteiger partial charge is 0.389 e. The minimum absolute atomic E-state index is 0.0879.